The second-order valence-corrected chi connectivity index (χ2v) is 14.8. The van der Waals surface area contributed by atoms with Crippen LogP contribution in [-0.2, 0) is 0 Å². The van der Waals surface area contributed by atoms with Crippen molar-refractivity contribution in [1.82, 2.24) is 0 Å². The smallest absolute Gasteiger partial charge is 0.143 e. The molecule has 1 aromatic heterocycles. The van der Waals surface area contributed by atoms with E-state index in [1.807, 2.05) is 0 Å². The molecule has 2 nitrogen and oxygen atoms in total. The number of furan rings is 1. The SMILES string of the molecule is c1ccc(-c2ccc(N(c3cccc(-c4ccc5c6ccccc6c6c(-c7ccccc7)c(-c7ccccc7)oc6c5c4)c3)c3cccc4ccccc34)cc2)cc1. The van der Waals surface area contributed by atoms with Crippen LogP contribution in [0.25, 0.3) is 88.0 Å². The second-order valence-electron chi connectivity index (χ2n) is 14.8. The third-order valence-electron chi connectivity index (χ3n) is 11.4. The summed E-state index contributed by atoms with van der Waals surface area (Å²) < 4.78 is 7.10. The predicted octanol–water partition coefficient (Wildman–Crippen LogP) is 16.0. The molecular weight excluding hydrogens is 703 g/mol. The molecular formula is C56H37NO. The summed E-state index contributed by atoms with van der Waals surface area (Å²) in [6.45, 7) is 0. The van der Waals surface area contributed by atoms with Gasteiger partial charge in [0.25, 0.3) is 0 Å². The van der Waals surface area contributed by atoms with Crippen LogP contribution in [0.3, 0.4) is 0 Å². The molecule has 0 unspecified atom stereocenters. The molecule has 0 saturated carbocycles. The van der Waals surface area contributed by atoms with Crippen molar-refractivity contribution < 1.29 is 4.42 Å². The Morgan fingerprint density at radius 1 is 0.310 bits per heavy atom. The highest BCUT2D eigenvalue weighted by Gasteiger charge is 2.23. The molecule has 0 aliphatic heterocycles. The minimum Gasteiger partial charge on any atom is -0.455 e. The van der Waals surface area contributed by atoms with Gasteiger partial charge >= 0.3 is 0 Å². The minimum absolute atomic E-state index is 0.885. The van der Waals surface area contributed by atoms with Gasteiger partial charge in [-0.15, -0.1) is 0 Å². The third kappa shape index (κ3) is 5.74. The number of benzene rings is 10. The van der Waals surface area contributed by atoms with Crippen molar-refractivity contribution in [2.75, 3.05) is 4.90 Å². The Bertz CT molecular complexity index is 3250. The van der Waals surface area contributed by atoms with Crippen LogP contribution in [-0.4, -0.2) is 0 Å². The lowest BCUT2D eigenvalue weighted by Gasteiger charge is -2.27. The maximum absolute atomic E-state index is 7.10. The van der Waals surface area contributed by atoms with E-state index in [-0.39, 0.29) is 0 Å². The zero-order valence-electron chi connectivity index (χ0n) is 31.7. The van der Waals surface area contributed by atoms with Crippen LogP contribution in [0, 0.1) is 0 Å². The summed E-state index contributed by atoms with van der Waals surface area (Å²) in [5, 5.41) is 8.21. The molecule has 0 spiro atoms. The Hall–Kier alpha value is -7.68. The fraction of sp³-hybridized carbons (Fsp3) is 0. The van der Waals surface area contributed by atoms with Crippen molar-refractivity contribution in [3.8, 4) is 44.7 Å². The van der Waals surface area contributed by atoms with E-state index in [9.17, 15) is 0 Å². The summed E-state index contributed by atoms with van der Waals surface area (Å²) in [5.74, 6) is 0.885. The molecule has 272 valence electrons. The molecule has 11 aromatic rings. The van der Waals surface area contributed by atoms with E-state index in [1.54, 1.807) is 0 Å². The largest absolute Gasteiger partial charge is 0.455 e. The van der Waals surface area contributed by atoms with Gasteiger partial charge in [-0.1, -0.05) is 188 Å². The van der Waals surface area contributed by atoms with Gasteiger partial charge in [-0.2, -0.15) is 0 Å². The summed E-state index contributed by atoms with van der Waals surface area (Å²) in [6.07, 6.45) is 0. The first-order valence-electron chi connectivity index (χ1n) is 19.8. The van der Waals surface area contributed by atoms with Crippen molar-refractivity contribution in [1.29, 1.82) is 0 Å². The molecule has 11 rings (SSSR count). The molecule has 0 atom stereocenters. The van der Waals surface area contributed by atoms with Crippen molar-refractivity contribution in [2.45, 2.75) is 0 Å². The van der Waals surface area contributed by atoms with E-state index in [4.69, 9.17) is 4.42 Å². The van der Waals surface area contributed by atoms with Crippen molar-refractivity contribution >= 4 is 60.3 Å². The lowest BCUT2D eigenvalue weighted by molar-refractivity contribution is 0.636. The maximum atomic E-state index is 7.10. The Kier molecular flexibility index (Phi) is 8.19. The number of anilines is 3. The lowest BCUT2D eigenvalue weighted by atomic mass is 9.91. The zero-order chi connectivity index (χ0) is 38.4. The number of nitrogens with zero attached hydrogens (tertiary/aromatic N) is 1. The normalized spacial score (nSPS) is 11.4. The Morgan fingerprint density at radius 3 is 1.60 bits per heavy atom. The van der Waals surface area contributed by atoms with Gasteiger partial charge in [0.2, 0.25) is 0 Å². The topological polar surface area (TPSA) is 16.4 Å². The van der Waals surface area contributed by atoms with Crippen molar-refractivity contribution in [2.24, 2.45) is 0 Å². The van der Waals surface area contributed by atoms with E-state index in [0.717, 1.165) is 67.0 Å². The van der Waals surface area contributed by atoms with Crippen LogP contribution < -0.4 is 4.90 Å². The summed E-state index contributed by atoms with van der Waals surface area (Å²) >= 11 is 0. The van der Waals surface area contributed by atoms with Gasteiger partial charge in [-0.05, 0) is 85.8 Å². The van der Waals surface area contributed by atoms with E-state index >= 15 is 0 Å². The molecule has 0 aliphatic carbocycles. The highest BCUT2D eigenvalue weighted by molar-refractivity contribution is 6.28. The summed E-state index contributed by atoms with van der Waals surface area (Å²) in [7, 11) is 0. The average Bonchev–Trinajstić information content (AvgIpc) is 3.72. The summed E-state index contributed by atoms with van der Waals surface area (Å²) in [4.78, 5) is 2.39. The molecule has 58 heavy (non-hydrogen) atoms. The maximum Gasteiger partial charge on any atom is 0.143 e. The molecule has 1 heterocycles. The summed E-state index contributed by atoms with van der Waals surface area (Å²) in [5.41, 5.74) is 12.2. The van der Waals surface area contributed by atoms with Gasteiger partial charge in [-0.25, -0.2) is 0 Å². The highest BCUT2D eigenvalue weighted by Crippen LogP contribution is 2.48. The van der Waals surface area contributed by atoms with Gasteiger partial charge in [0, 0.05) is 38.7 Å². The van der Waals surface area contributed by atoms with Gasteiger partial charge in [0.1, 0.15) is 11.3 Å². The van der Waals surface area contributed by atoms with Crippen molar-refractivity contribution in [3.05, 3.63) is 224 Å². The molecule has 10 aromatic carbocycles. The van der Waals surface area contributed by atoms with Gasteiger partial charge < -0.3 is 9.32 Å². The standard InChI is InChI=1S/C56H37NO/c1-4-16-38(17-5-1)39-30-33-45(34-31-39)57(52-29-15-23-40-18-10-11-26-47(40)52)46-25-14-24-43(36-46)44-32-35-49-48-27-12-13-28-50(48)54-53(41-19-6-2-7-20-41)55(42-21-8-3-9-22-42)58-56(54)51(49)37-44/h1-37H. The Morgan fingerprint density at radius 2 is 0.845 bits per heavy atom. The van der Waals surface area contributed by atoms with Crippen LogP contribution in [0.1, 0.15) is 0 Å². The number of hydrogen-bond donors (Lipinski definition) is 0. The van der Waals surface area contributed by atoms with E-state index < -0.39 is 0 Å². The number of fused-ring (bicyclic) bond motifs is 7. The predicted molar refractivity (Wildman–Crippen MR) is 245 cm³/mol. The Labute approximate surface area is 337 Å². The van der Waals surface area contributed by atoms with Crippen LogP contribution in [0.5, 0.6) is 0 Å². The Balaban J connectivity index is 1.11. The number of rotatable bonds is 7. The van der Waals surface area contributed by atoms with E-state index in [1.165, 1.54) is 38.1 Å². The third-order valence-corrected chi connectivity index (χ3v) is 11.4. The lowest BCUT2D eigenvalue weighted by Crippen LogP contribution is -2.10. The highest BCUT2D eigenvalue weighted by atomic mass is 16.3. The van der Waals surface area contributed by atoms with Crippen LogP contribution in [0.2, 0.25) is 0 Å². The van der Waals surface area contributed by atoms with Gasteiger partial charge in [0.05, 0.1) is 5.69 Å². The minimum atomic E-state index is 0.885. The van der Waals surface area contributed by atoms with Gasteiger partial charge in [-0.3, -0.25) is 0 Å². The average molecular weight is 740 g/mol. The molecule has 0 N–H and O–H groups in total. The van der Waals surface area contributed by atoms with Crippen LogP contribution in [0.15, 0.2) is 229 Å². The molecule has 2 heteroatoms. The van der Waals surface area contributed by atoms with Crippen molar-refractivity contribution in [3.63, 3.8) is 0 Å². The van der Waals surface area contributed by atoms with Gasteiger partial charge in [0.15, 0.2) is 0 Å². The van der Waals surface area contributed by atoms with Crippen LogP contribution in [0.4, 0.5) is 17.1 Å². The van der Waals surface area contributed by atoms with Crippen LogP contribution >= 0.6 is 0 Å². The quantitative estimate of drug-likeness (QED) is 0.151. The fourth-order valence-corrected chi connectivity index (χ4v) is 8.72. The zero-order valence-corrected chi connectivity index (χ0v) is 31.7. The monoisotopic (exact) mass is 739 g/mol. The molecule has 0 bridgehead atoms. The van der Waals surface area contributed by atoms with E-state index in [2.05, 4.69) is 229 Å². The fourth-order valence-electron chi connectivity index (χ4n) is 8.72. The molecule has 0 saturated heterocycles. The molecule has 0 aliphatic rings. The first kappa shape index (κ1) is 33.6. The first-order chi connectivity index (χ1) is 28.8. The number of hydrogen-bond acceptors (Lipinski definition) is 2. The molecule has 0 amide bonds. The second kappa shape index (κ2) is 14.1. The molecule has 0 fully saturated rings. The summed E-state index contributed by atoms with van der Waals surface area (Å²) in [6, 6.07) is 80.4. The molecule has 0 radical (unpaired) electrons. The first-order valence-corrected chi connectivity index (χ1v) is 19.8. The van der Waals surface area contributed by atoms with E-state index in [0.29, 0.717) is 0 Å².